The number of halogens is 1. The second kappa shape index (κ2) is 9.00. The molecule has 0 radical (unpaired) electrons. The van der Waals surface area contributed by atoms with Crippen LogP contribution in [0.15, 0.2) is 63.6 Å². The quantitative estimate of drug-likeness (QED) is 0.474. The van der Waals surface area contributed by atoms with Crippen molar-refractivity contribution < 1.29 is 0 Å². The fraction of sp³-hybridized carbons (Fsp3) is 0.263. The Kier molecular flexibility index (Phi) is 6.46. The third-order valence-corrected chi connectivity index (χ3v) is 5.61. The number of imidazole rings is 1. The zero-order valence-electron chi connectivity index (χ0n) is 14.9. The van der Waals surface area contributed by atoms with Gasteiger partial charge in [-0.25, -0.2) is 4.98 Å². The Morgan fingerprint density at radius 3 is 2.77 bits per heavy atom. The highest BCUT2D eigenvalue weighted by molar-refractivity contribution is 9.11. The number of benzene rings is 1. The van der Waals surface area contributed by atoms with Crippen molar-refractivity contribution in [3.8, 4) is 0 Å². The number of hydrogen-bond acceptors (Lipinski definition) is 3. The van der Waals surface area contributed by atoms with Crippen molar-refractivity contribution in [1.29, 1.82) is 0 Å². The zero-order chi connectivity index (χ0) is 18.4. The van der Waals surface area contributed by atoms with Gasteiger partial charge < -0.3 is 14.8 Å². The molecule has 0 spiro atoms. The predicted molar refractivity (Wildman–Crippen MR) is 111 cm³/mol. The Morgan fingerprint density at radius 2 is 2.08 bits per heavy atom. The van der Waals surface area contributed by atoms with Gasteiger partial charge >= 0.3 is 0 Å². The molecule has 0 atom stereocenters. The lowest BCUT2D eigenvalue weighted by atomic mass is 10.2. The number of guanidine groups is 1. The highest BCUT2D eigenvalue weighted by atomic mass is 79.9. The van der Waals surface area contributed by atoms with Gasteiger partial charge in [0.1, 0.15) is 5.82 Å². The number of nitrogens with one attached hydrogen (secondary N) is 1. The van der Waals surface area contributed by atoms with E-state index >= 15 is 0 Å². The van der Waals surface area contributed by atoms with Gasteiger partial charge in [-0.05, 0) is 33.6 Å². The molecule has 0 amide bonds. The number of thiophene rings is 1. The molecular weight excluding hydrogens is 410 g/mol. The van der Waals surface area contributed by atoms with Crippen LogP contribution in [0.5, 0.6) is 0 Å². The molecule has 0 fully saturated rings. The van der Waals surface area contributed by atoms with Crippen LogP contribution in [0, 0.1) is 0 Å². The highest BCUT2D eigenvalue weighted by Crippen LogP contribution is 2.23. The largest absolute Gasteiger partial charge is 0.349 e. The van der Waals surface area contributed by atoms with Gasteiger partial charge in [0.25, 0.3) is 0 Å². The van der Waals surface area contributed by atoms with Crippen LogP contribution in [0.2, 0.25) is 0 Å². The summed E-state index contributed by atoms with van der Waals surface area (Å²) in [6.07, 6.45) is 3.86. The standard InChI is InChI=1S/C19H22BrN5S/c1-21-19(24(2)14-16-8-9-17(20)26-16)23-12-18-22-10-11-25(18)13-15-6-4-3-5-7-15/h3-11H,12-14H2,1-2H3,(H,21,23). The molecule has 26 heavy (non-hydrogen) atoms. The molecular formula is C19H22BrN5S. The van der Waals surface area contributed by atoms with E-state index in [2.05, 4.69) is 77.1 Å². The molecule has 0 unspecified atom stereocenters. The highest BCUT2D eigenvalue weighted by Gasteiger charge is 2.10. The summed E-state index contributed by atoms with van der Waals surface area (Å²) in [7, 11) is 3.85. The van der Waals surface area contributed by atoms with Crippen LogP contribution >= 0.6 is 27.3 Å². The van der Waals surface area contributed by atoms with Gasteiger partial charge in [-0.3, -0.25) is 4.99 Å². The van der Waals surface area contributed by atoms with Crippen LogP contribution < -0.4 is 5.32 Å². The van der Waals surface area contributed by atoms with Gasteiger partial charge in [0.15, 0.2) is 5.96 Å². The molecule has 2 aromatic heterocycles. The maximum atomic E-state index is 4.49. The maximum absolute atomic E-state index is 4.49. The number of nitrogens with zero attached hydrogens (tertiary/aromatic N) is 4. The molecule has 0 aliphatic rings. The van der Waals surface area contributed by atoms with Crippen molar-refractivity contribution in [1.82, 2.24) is 19.8 Å². The van der Waals surface area contributed by atoms with Crippen molar-refractivity contribution >= 4 is 33.2 Å². The van der Waals surface area contributed by atoms with E-state index in [0.29, 0.717) is 6.54 Å². The summed E-state index contributed by atoms with van der Waals surface area (Å²) in [5, 5.41) is 3.41. The summed E-state index contributed by atoms with van der Waals surface area (Å²) in [6.45, 7) is 2.26. The summed E-state index contributed by atoms with van der Waals surface area (Å²) in [6, 6.07) is 14.6. The fourth-order valence-electron chi connectivity index (χ4n) is 2.72. The van der Waals surface area contributed by atoms with Crippen LogP contribution in [0.25, 0.3) is 0 Å². The first-order chi connectivity index (χ1) is 12.7. The Bertz CT molecular complexity index is 856. The molecule has 0 aliphatic heterocycles. The minimum absolute atomic E-state index is 0.630. The summed E-state index contributed by atoms with van der Waals surface area (Å²) in [5.41, 5.74) is 1.26. The van der Waals surface area contributed by atoms with Gasteiger partial charge in [-0.15, -0.1) is 11.3 Å². The summed E-state index contributed by atoms with van der Waals surface area (Å²) in [5.74, 6) is 1.84. The maximum Gasteiger partial charge on any atom is 0.194 e. The second-order valence-electron chi connectivity index (χ2n) is 5.92. The molecule has 3 rings (SSSR count). The first-order valence-corrected chi connectivity index (χ1v) is 9.96. The van der Waals surface area contributed by atoms with Crippen molar-refractivity contribution in [3.63, 3.8) is 0 Å². The van der Waals surface area contributed by atoms with Crippen LogP contribution in [-0.2, 0) is 19.6 Å². The van der Waals surface area contributed by atoms with E-state index in [1.807, 2.05) is 25.5 Å². The molecule has 3 aromatic rings. The monoisotopic (exact) mass is 431 g/mol. The third-order valence-electron chi connectivity index (χ3n) is 4.00. The normalized spacial score (nSPS) is 11.6. The van der Waals surface area contributed by atoms with Crippen molar-refractivity contribution in [2.24, 2.45) is 4.99 Å². The van der Waals surface area contributed by atoms with E-state index in [-0.39, 0.29) is 0 Å². The molecule has 5 nitrogen and oxygen atoms in total. The van der Waals surface area contributed by atoms with E-state index in [0.717, 1.165) is 28.7 Å². The summed E-state index contributed by atoms with van der Waals surface area (Å²) in [4.78, 5) is 12.3. The van der Waals surface area contributed by atoms with Gasteiger partial charge in [-0.1, -0.05) is 30.3 Å². The van der Waals surface area contributed by atoms with E-state index in [1.165, 1.54) is 10.4 Å². The Hall–Kier alpha value is -2.12. The first kappa shape index (κ1) is 18.7. The SMILES string of the molecule is CN=C(NCc1nccn1Cc1ccccc1)N(C)Cc1ccc(Br)s1. The van der Waals surface area contributed by atoms with E-state index < -0.39 is 0 Å². The minimum Gasteiger partial charge on any atom is -0.349 e. The smallest absolute Gasteiger partial charge is 0.194 e. The van der Waals surface area contributed by atoms with Crippen molar-refractivity contribution in [2.45, 2.75) is 19.6 Å². The summed E-state index contributed by atoms with van der Waals surface area (Å²) < 4.78 is 3.30. The van der Waals surface area contributed by atoms with E-state index in [4.69, 9.17) is 0 Å². The van der Waals surface area contributed by atoms with Gasteiger partial charge in [0.05, 0.1) is 16.9 Å². The third kappa shape index (κ3) is 4.95. The van der Waals surface area contributed by atoms with Crippen molar-refractivity contribution in [3.05, 3.63) is 74.9 Å². The van der Waals surface area contributed by atoms with Gasteiger partial charge in [0.2, 0.25) is 0 Å². The molecule has 0 bridgehead atoms. The number of aromatic nitrogens is 2. The molecule has 7 heteroatoms. The Balaban J connectivity index is 1.60. The van der Waals surface area contributed by atoms with Crippen molar-refractivity contribution in [2.75, 3.05) is 14.1 Å². The average molecular weight is 432 g/mol. The van der Waals surface area contributed by atoms with Crippen LogP contribution in [0.1, 0.15) is 16.3 Å². The summed E-state index contributed by atoms with van der Waals surface area (Å²) >= 11 is 5.25. The van der Waals surface area contributed by atoms with E-state index in [9.17, 15) is 0 Å². The lowest BCUT2D eigenvalue weighted by molar-refractivity contribution is 0.478. The van der Waals surface area contributed by atoms with Crippen LogP contribution in [-0.4, -0.2) is 34.5 Å². The molecule has 136 valence electrons. The molecule has 0 saturated heterocycles. The number of hydrogen-bond donors (Lipinski definition) is 1. The average Bonchev–Trinajstić information content (AvgIpc) is 3.25. The minimum atomic E-state index is 0.630. The topological polar surface area (TPSA) is 45.5 Å². The Labute approximate surface area is 166 Å². The number of aliphatic imine (C=N–C) groups is 1. The van der Waals surface area contributed by atoms with Crippen LogP contribution in [0.3, 0.4) is 0 Å². The predicted octanol–water partition coefficient (Wildman–Crippen LogP) is 3.96. The molecule has 1 N–H and O–H groups in total. The van der Waals surface area contributed by atoms with Gasteiger partial charge in [0, 0.05) is 37.9 Å². The Morgan fingerprint density at radius 1 is 1.27 bits per heavy atom. The second-order valence-corrected chi connectivity index (χ2v) is 8.47. The fourth-order valence-corrected chi connectivity index (χ4v) is 4.26. The first-order valence-electron chi connectivity index (χ1n) is 8.35. The molecule has 0 aliphatic carbocycles. The molecule has 1 aromatic carbocycles. The van der Waals surface area contributed by atoms with E-state index in [1.54, 1.807) is 18.4 Å². The zero-order valence-corrected chi connectivity index (χ0v) is 17.3. The lowest BCUT2D eigenvalue weighted by Crippen LogP contribution is -2.38. The molecule has 2 heterocycles. The molecule has 0 saturated carbocycles. The van der Waals surface area contributed by atoms with Crippen LogP contribution in [0.4, 0.5) is 0 Å². The van der Waals surface area contributed by atoms with Gasteiger partial charge in [-0.2, -0.15) is 0 Å². The number of rotatable bonds is 6. The lowest BCUT2D eigenvalue weighted by Gasteiger charge is -2.21.